The van der Waals surface area contributed by atoms with E-state index in [1.807, 2.05) is 4.90 Å². The number of alkyl halides is 3. The number of hydrogen-bond donors (Lipinski definition) is 1. The summed E-state index contributed by atoms with van der Waals surface area (Å²) in [5.41, 5.74) is 0. The predicted molar refractivity (Wildman–Crippen MR) is 71.8 cm³/mol. The van der Waals surface area contributed by atoms with E-state index in [-0.39, 0.29) is 24.9 Å². The van der Waals surface area contributed by atoms with Gasteiger partial charge in [-0.25, -0.2) is 0 Å². The first-order chi connectivity index (χ1) is 9.90. The summed E-state index contributed by atoms with van der Waals surface area (Å²) in [6.07, 6.45) is -1.03. The predicted octanol–water partition coefficient (Wildman–Crippen LogP) is 1.94. The molecule has 122 valence electrons. The molecule has 21 heavy (non-hydrogen) atoms. The van der Waals surface area contributed by atoms with Crippen molar-refractivity contribution in [2.24, 2.45) is 5.92 Å². The van der Waals surface area contributed by atoms with Crippen LogP contribution in [0, 0.1) is 5.92 Å². The average Bonchev–Trinajstić information content (AvgIpc) is 3.26. The monoisotopic (exact) mass is 308 g/mol. The largest absolute Gasteiger partial charge is 0.468 e. The molecule has 1 heterocycles. The van der Waals surface area contributed by atoms with Gasteiger partial charge in [-0.1, -0.05) is 0 Å². The number of piperidine rings is 1. The first-order valence-electron chi connectivity index (χ1n) is 7.53. The zero-order chi connectivity index (χ0) is 15.5. The zero-order valence-corrected chi connectivity index (χ0v) is 12.3. The number of nitrogens with one attached hydrogen (secondary N) is 1. The second-order valence-electron chi connectivity index (χ2n) is 5.96. The van der Waals surface area contributed by atoms with Gasteiger partial charge in [0.1, 0.15) is 6.04 Å². The number of likely N-dealkylation sites (tertiary alicyclic amines) is 1. The van der Waals surface area contributed by atoms with Gasteiger partial charge >= 0.3 is 12.1 Å². The first-order valence-corrected chi connectivity index (χ1v) is 7.53. The highest BCUT2D eigenvalue weighted by Gasteiger charge is 2.41. The lowest BCUT2D eigenvalue weighted by molar-refractivity contribution is -0.185. The molecule has 0 amide bonds. The molecule has 1 saturated carbocycles. The number of ether oxygens (including phenoxy) is 1. The van der Waals surface area contributed by atoms with Crippen LogP contribution in [-0.4, -0.2) is 55.9 Å². The minimum absolute atomic E-state index is 0.155. The molecule has 0 aromatic heterocycles. The first kappa shape index (κ1) is 16.5. The fraction of sp³-hybridized carbons (Fsp3) is 0.929. The van der Waals surface area contributed by atoms with Crippen LogP contribution in [0.2, 0.25) is 0 Å². The SMILES string of the molecule is COC(=O)C(CCN1CCC(C(F)(F)F)CC1)NC1CC1. The Labute approximate surface area is 123 Å². The number of carbonyl (C=O) groups is 1. The van der Waals surface area contributed by atoms with Crippen LogP contribution in [0.1, 0.15) is 32.1 Å². The van der Waals surface area contributed by atoms with Crippen molar-refractivity contribution >= 4 is 5.97 Å². The summed E-state index contributed by atoms with van der Waals surface area (Å²) in [5.74, 6) is -1.46. The van der Waals surface area contributed by atoms with E-state index in [0.29, 0.717) is 32.1 Å². The maximum Gasteiger partial charge on any atom is 0.391 e. The highest BCUT2D eigenvalue weighted by atomic mass is 19.4. The molecule has 0 radical (unpaired) electrons. The van der Waals surface area contributed by atoms with Gasteiger partial charge < -0.3 is 15.0 Å². The zero-order valence-electron chi connectivity index (χ0n) is 12.3. The molecule has 7 heteroatoms. The number of rotatable bonds is 6. The van der Waals surface area contributed by atoms with Crippen molar-refractivity contribution in [2.45, 2.75) is 50.4 Å². The number of carbonyl (C=O) groups excluding carboxylic acids is 1. The average molecular weight is 308 g/mol. The van der Waals surface area contributed by atoms with E-state index in [2.05, 4.69) is 5.32 Å². The summed E-state index contributed by atoms with van der Waals surface area (Å²) in [5, 5.41) is 3.23. The number of esters is 1. The summed E-state index contributed by atoms with van der Waals surface area (Å²) in [6, 6.07) is 0.0490. The van der Waals surface area contributed by atoms with Gasteiger partial charge in [0.05, 0.1) is 13.0 Å². The Morgan fingerprint density at radius 3 is 2.38 bits per heavy atom. The highest BCUT2D eigenvalue weighted by Crippen LogP contribution is 2.34. The van der Waals surface area contributed by atoms with Crippen LogP contribution in [0.5, 0.6) is 0 Å². The molecule has 1 atom stereocenters. The maximum absolute atomic E-state index is 12.6. The lowest BCUT2D eigenvalue weighted by Gasteiger charge is -2.33. The molecular formula is C14H23F3N2O2. The molecule has 2 aliphatic rings. The van der Waals surface area contributed by atoms with Crippen molar-refractivity contribution in [1.29, 1.82) is 0 Å². The summed E-state index contributed by atoms with van der Waals surface area (Å²) in [6.45, 7) is 1.52. The Morgan fingerprint density at radius 2 is 1.90 bits per heavy atom. The third-order valence-corrected chi connectivity index (χ3v) is 4.28. The highest BCUT2D eigenvalue weighted by molar-refractivity contribution is 5.75. The number of halogens is 3. The van der Waals surface area contributed by atoms with E-state index in [1.54, 1.807) is 0 Å². The third-order valence-electron chi connectivity index (χ3n) is 4.28. The topological polar surface area (TPSA) is 41.6 Å². The second-order valence-corrected chi connectivity index (χ2v) is 5.96. The number of nitrogens with zero attached hydrogens (tertiary/aromatic N) is 1. The fourth-order valence-electron chi connectivity index (χ4n) is 2.74. The van der Waals surface area contributed by atoms with Gasteiger partial charge in [-0.2, -0.15) is 13.2 Å². The van der Waals surface area contributed by atoms with Gasteiger partial charge in [-0.15, -0.1) is 0 Å². The molecule has 1 N–H and O–H groups in total. The summed E-state index contributed by atoms with van der Waals surface area (Å²) in [4.78, 5) is 13.7. The van der Waals surface area contributed by atoms with Crippen molar-refractivity contribution in [1.82, 2.24) is 10.2 Å². The fourth-order valence-corrected chi connectivity index (χ4v) is 2.74. The van der Waals surface area contributed by atoms with Gasteiger partial charge in [-0.3, -0.25) is 4.79 Å². The molecule has 0 aromatic carbocycles. The maximum atomic E-state index is 12.6. The normalized spacial score (nSPS) is 23.0. The quantitative estimate of drug-likeness (QED) is 0.762. The molecule has 2 rings (SSSR count). The Morgan fingerprint density at radius 1 is 1.29 bits per heavy atom. The van der Waals surface area contributed by atoms with Crippen LogP contribution >= 0.6 is 0 Å². The lowest BCUT2D eigenvalue weighted by atomic mass is 9.96. The second kappa shape index (κ2) is 6.96. The van der Waals surface area contributed by atoms with E-state index in [0.717, 1.165) is 12.8 Å². The van der Waals surface area contributed by atoms with Crippen molar-refractivity contribution in [3.8, 4) is 0 Å². The van der Waals surface area contributed by atoms with Gasteiger partial charge in [0.2, 0.25) is 0 Å². The lowest BCUT2D eigenvalue weighted by Crippen LogP contribution is -2.44. The van der Waals surface area contributed by atoms with Gasteiger partial charge in [0.25, 0.3) is 0 Å². The molecule has 1 unspecified atom stereocenters. The van der Waals surface area contributed by atoms with E-state index in [9.17, 15) is 18.0 Å². The minimum atomic E-state index is -4.08. The molecule has 0 aromatic rings. The molecular weight excluding hydrogens is 285 g/mol. The van der Waals surface area contributed by atoms with Crippen LogP contribution in [-0.2, 0) is 9.53 Å². The number of methoxy groups -OCH3 is 1. The summed E-state index contributed by atoms with van der Waals surface area (Å²) < 4.78 is 42.6. The molecule has 1 saturated heterocycles. The van der Waals surface area contributed by atoms with E-state index in [1.165, 1.54) is 7.11 Å². The molecule has 4 nitrogen and oxygen atoms in total. The van der Waals surface area contributed by atoms with Gasteiger partial charge in [0.15, 0.2) is 0 Å². The minimum Gasteiger partial charge on any atom is -0.468 e. The van der Waals surface area contributed by atoms with Crippen molar-refractivity contribution in [2.75, 3.05) is 26.7 Å². The molecule has 2 fully saturated rings. The Kier molecular flexibility index (Phi) is 5.48. The van der Waals surface area contributed by atoms with Crippen LogP contribution < -0.4 is 5.32 Å². The summed E-state index contributed by atoms with van der Waals surface area (Å²) >= 11 is 0. The molecule has 0 bridgehead atoms. The summed E-state index contributed by atoms with van der Waals surface area (Å²) in [7, 11) is 1.36. The van der Waals surface area contributed by atoms with Crippen LogP contribution in [0.4, 0.5) is 13.2 Å². The van der Waals surface area contributed by atoms with Crippen molar-refractivity contribution < 1.29 is 22.7 Å². The Bertz CT molecular complexity index is 351. The Hall–Kier alpha value is -0.820. The van der Waals surface area contributed by atoms with E-state index < -0.39 is 12.1 Å². The van der Waals surface area contributed by atoms with Gasteiger partial charge in [0, 0.05) is 12.6 Å². The Balaban J connectivity index is 1.73. The van der Waals surface area contributed by atoms with Crippen LogP contribution in [0.15, 0.2) is 0 Å². The molecule has 0 spiro atoms. The van der Waals surface area contributed by atoms with Gasteiger partial charge in [-0.05, 0) is 45.2 Å². The van der Waals surface area contributed by atoms with Crippen LogP contribution in [0.25, 0.3) is 0 Å². The molecule has 1 aliphatic heterocycles. The third kappa shape index (κ3) is 5.14. The van der Waals surface area contributed by atoms with Crippen LogP contribution in [0.3, 0.4) is 0 Å². The molecule has 1 aliphatic carbocycles. The standard InChI is InChI=1S/C14H23F3N2O2/c1-21-13(20)12(18-11-2-3-11)6-9-19-7-4-10(5-8-19)14(15,16)17/h10-12,18H,2-9H2,1H3. The number of hydrogen-bond acceptors (Lipinski definition) is 4. The van der Waals surface area contributed by atoms with E-state index in [4.69, 9.17) is 4.74 Å². The van der Waals surface area contributed by atoms with Crippen molar-refractivity contribution in [3.63, 3.8) is 0 Å². The van der Waals surface area contributed by atoms with E-state index >= 15 is 0 Å². The van der Waals surface area contributed by atoms with Crippen molar-refractivity contribution in [3.05, 3.63) is 0 Å². The smallest absolute Gasteiger partial charge is 0.391 e.